The molecule has 0 amide bonds. The van der Waals surface area contributed by atoms with E-state index in [4.69, 9.17) is 18.5 Å². The van der Waals surface area contributed by atoms with E-state index in [1.54, 1.807) is 48.6 Å². The molecule has 0 spiro atoms. The molecule has 0 aromatic rings. The Labute approximate surface area is 182 Å². The maximum absolute atomic E-state index is 13.3. The Morgan fingerprint density at radius 3 is 1.55 bits per heavy atom. The third-order valence-corrected chi connectivity index (χ3v) is 8.56. The molecule has 1 atom stereocenters. The van der Waals surface area contributed by atoms with Crippen LogP contribution in [0.3, 0.4) is 0 Å². The lowest BCUT2D eigenvalue weighted by Gasteiger charge is -2.34. The van der Waals surface area contributed by atoms with E-state index in [9.17, 15) is 33.6 Å². The van der Waals surface area contributed by atoms with Crippen molar-refractivity contribution in [3.63, 3.8) is 0 Å². The third-order valence-electron chi connectivity index (χ3n) is 3.89. The third kappa shape index (κ3) is 8.90. The summed E-state index contributed by atoms with van der Waals surface area (Å²) in [5, 5.41) is 10.2. The van der Waals surface area contributed by atoms with Gasteiger partial charge in [0, 0.05) is 6.42 Å². The number of nitrogens with one attached hydrogen (secondary N) is 1. The van der Waals surface area contributed by atoms with Crippen molar-refractivity contribution in [2.45, 2.75) is 59.5 Å². The van der Waals surface area contributed by atoms with Gasteiger partial charge in [0.25, 0.3) is 5.08 Å². The fourth-order valence-corrected chi connectivity index (χ4v) is 5.30. The molecule has 0 saturated heterocycles. The Kier molecular flexibility index (Phi) is 11.0. The summed E-state index contributed by atoms with van der Waals surface area (Å²) in [6, 6.07) is 0. The van der Waals surface area contributed by atoms with Crippen molar-refractivity contribution in [2.75, 3.05) is 27.2 Å². The fraction of sp³-hybridized carbons (Fsp3) is 0.882. The molecule has 0 radical (unpaired) electrons. The summed E-state index contributed by atoms with van der Waals surface area (Å²) in [7, 11) is -9.05. The Hall–Kier alpha value is -0.840. The van der Waals surface area contributed by atoms with Crippen molar-refractivity contribution < 1.29 is 52.1 Å². The summed E-state index contributed by atoms with van der Waals surface area (Å²) in [5.41, 5.74) is -1.88. The molecule has 0 aliphatic heterocycles. The van der Waals surface area contributed by atoms with E-state index in [1.807, 2.05) is 0 Å². The van der Waals surface area contributed by atoms with Crippen LogP contribution in [0, 0.1) is 10.8 Å². The highest BCUT2D eigenvalue weighted by molar-refractivity contribution is 7.72. The van der Waals surface area contributed by atoms with Crippen molar-refractivity contribution in [3.8, 4) is 0 Å². The van der Waals surface area contributed by atoms with Crippen LogP contribution in [-0.2, 0) is 37.2 Å². The van der Waals surface area contributed by atoms with E-state index in [0.29, 0.717) is 0 Å². The SMILES string of the molecule is CNCCCC(O)(P(=O)(O)O)P(=O)(OCOC(=O)C(C)(C)C)OCOC(=O)C(C)(C)C. The number of ether oxygens (including phenoxy) is 2. The van der Waals surface area contributed by atoms with E-state index in [2.05, 4.69) is 5.32 Å². The first-order valence-corrected chi connectivity index (χ1v) is 12.6. The lowest BCUT2D eigenvalue weighted by Crippen LogP contribution is -2.33. The largest absolute Gasteiger partial charge is 0.438 e. The van der Waals surface area contributed by atoms with Gasteiger partial charge in [-0.05, 0) is 61.6 Å². The lowest BCUT2D eigenvalue weighted by molar-refractivity contribution is -0.162. The molecular weight excluding hydrogens is 456 g/mol. The van der Waals surface area contributed by atoms with Crippen LogP contribution in [0.25, 0.3) is 0 Å². The summed E-state index contributed by atoms with van der Waals surface area (Å²) in [5.74, 6) is -1.51. The summed E-state index contributed by atoms with van der Waals surface area (Å²) in [4.78, 5) is 43.3. The van der Waals surface area contributed by atoms with Crippen LogP contribution in [0.15, 0.2) is 0 Å². The maximum Gasteiger partial charge on any atom is 0.380 e. The van der Waals surface area contributed by atoms with Gasteiger partial charge in [0.05, 0.1) is 10.8 Å². The second kappa shape index (κ2) is 11.3. The number of hydrogen-bond donors (Lipinski definition) is 4. The second-order valence-electron chi connectivity index (χ2n) is 8.88. The Morgan fingerprint density at radius 2 is 1.26 bits per heavy atom. The molecule has 0 bridgehead atoms. The zero-order valence-corrected chi connectivity index (χ0v) is 20.8. The number of rotatable bonds is 12. The topological polar surface area (TPSA) is 178 Å². The Morgan fingerprint density at radius 1 is 0.871 bits per heavy atom. The number of carbonyl (C=O) groups is 2. The predicted octanol–water partition coefficient (Wildman–Crippen LogP) is 2.13. The highest BCUT2D eigenvalue weighted by atomic mass is 31.2. The number of aliphatic hydroxyl groups is 1. The molecular formula is C17H35NO11P2. The standard InChI is InChI=1S/C17H35NO11P2/c1-15(2,3)13(19)26-11-28-31(25,29-12-27-14(20)16(4,5)6)17(21,30(22,23)24)9-8-10-18-7/h18,21H,8-12H2,1-7H3,(H2,22,23,24). The van der Waals surface area contributed by atoms with E-state index in [1.165, 1.54) is 0 Å². The van der Waals surface area contributed by atoms with E-state index in [0.717, 1.165) is 0 Å². The molecule has 0 heterocycles. The van der Waals surface area contributed by atoms with Crippen LogP contribution in [0.1, 0.15) is 54.4 Å². The van der Waals surface area contributed by atoms with Crippen molar-refractivity contribution in [2.24, 2.45) is 10.8 Å². The molecule has 0 rings (SSSR count). The minimum absolute atomic E-state index is 0.0155. The fourth-order valence-electron chi connectivity index (χ4n) is 1.92. The molecule has 0 aromatic heterocycles. The van der Waals surface area contributed by atoms with E-state index < -0.39 is 63.1 Å². The quantitative estimate of drug-likeness (QED) is 0.135. The molecule has 0 saturated carbocycles. The molecule has 0 aliphatic carbocycles. The van der Waals surface area contributed by atoms with Gasteiger partial charge in [-0.15, -0.1) is 0 Å². The van der Waals surface area contributed by atoms with Gasteiger partial charge in [0.15, 0.2) is 0 Å². The van der Waals surface area contributed by atoms with Crippen LogP contribution in [0.2, 0.25) is 0 Å². The summed E-state index contributed by atoms with van der Waals surface area (Å²) < 4.78 is 44.9. The average Bonchev–Trinajstić information content (AvgIpc) is 2.58. The molecule has 184 valence electrons. The van der Waals surface area contributed by atoms with Gasteiger partial charge in [-0.1, -0.05) is 0 Å². The highest BCUT2D eigenvalue weighted by Gasteiger charge is 2.62. The van der Waals surface area contributed by atoms with E-state index >= 15 is 0 Å². The molecule has 1 unspecified atom stereocenters. The lowest BCUT2D eigenvalue weighted by atomic mass is 9.98. The van der Waals surface area contributed by atoms with Crippen molar-refractivity contribution in [3.05, 3.63) is 0 Å². The maximum atomic E-state index is 13.3. The van der Waals surface area contributed by atoms with Gasteiger partial charge in [-0.25, -0.2) is 0 Å². The predicted molar refractivity (Wildman–Crippen MR) is 111 cm³/mol. The van der Waals surface area contributed by atoms with Gasteiger partial charge in [0.1, 0.15) is 0 Å². The summed E-state index contributed by atoms with van der Waals surface area (Å²) in [6.45, 7) is 7.44. The first-order chi connectivity index (χ1) is 13.8. The van der Waals surface area contributed by atoms with Crippen LogP contribution < -0.4 is 5.32 Å². The number of carbonyl (C=O) groups excluding carboxylic acids is 2. The molecule has 14 heteroatoms. The minimum Gasteiger partial charge on any atom is -0.438 e. The first kappa shape index (κ1) is 30.2. The monoisotopic (exact) mass is 491 g/mol. The molecule has 0 fully saturated rings. The van der Waals surface area contributed by atoms with Crippen molar-refractivity contribution in [1.29, 1.82) is 0 Å². The van der Waals surface area contributed by atoms with Gasteiger partial charge in [0.2, 0.25) is 13.6 Å². The molecule has 0 aliphatic rings. The van der Waals surface area contributed by atoms with Crippen LogP contribution in [-0.4, -0.2) is 59.1 Å². The highest BCUT2D eigenvalue weighted by Crippen LogP contribution is 2.74. The molecule has 12 nitrogen and oxygen atoms in total. The summed E-state index contributed by atoms with van der Waals surface area (Å²) >= 11 is 0. The molecule has 31 heavy (non-hydrogen) atoms. The second-order valence-corrected chi connectivity index (χ2v) is 13.3. The average molecular weight is 491 g/mol. The first-order valence-electron chi connectivity index (χ1n) is 9.48. The van der Waals surface area contributed by atoms with Gasteiger partial charge in [-0.2, -0.15) is 0 Å². The zero-order valence-electron chi connectivity index (χ0n) is 19.0. The van der Waals surface area contributed by atoms with Crippen LogP contribution in [0.4, 0.5) is 0 Å². The van der Waals surface area contributed by atoms with Gasteiger partial charge < -0.3 is 29.7 Å². The van der Waals surface area contributed by atoms with Gasteiger partial charge >= 0.3 is 27.1 Å². The van der Waals surface area contributed by atoms with Crippen LogP contribution in [0.5, 0.6) is 0 Å². The summed E-state index contributed by atoms with van der Waals surface area (Å²) in [6.07, 6.45) is -0.700. The minimum atomic E-state index is -5.51. The number of hydrogen-bond acceptors (Lipinski definition) is 10. The molecule has 0 aromatic carbocycles. The normalized spacial score (nSPS) is 15.3. The van der Waals surface area contributed by atoms with Crippen LogP contribution >= 0.6 is 15.2 Å². The smallest absolute Gasteiger partial charge is 0.380 e. The Bertz CT molecular complexity index is 672. The Balaban J connectivity index is 5.74. The zero-order chi connectivity index (χ0) is 24.7. The number of esters is 2. The molecule has 4 N–H and O–H groups in total. The van der Waals surface area contributed by atoms with Gasteiger partial charge in [-0.3, -0.25) is 27.8 Å². The van der Waals surface area contributed by atoms with E-state index in [-0.39, 0.29) is 13.0 Å². The van der Waals surface area contributed by atoms with Crippen molar-refractivity contribution in [1.82, 2.24) is 5.32 Å². The van der Waals surface area contributed by atoms with Crippen molar-refractivity contribution >= 4 is 27.1 Å².